The summed E-state index contributed by atoms with van der Waals surface area (Å²) in [4.78, 5) is 8.44. The van der Waals surface area contributed by atoms with Gasteiger partial charge >= 0.3 is 0 Å². The zero-order valence-corrected chi connectivity index (χ0v) is 13.0. The molecule has 19 heavy (non-hydrogen) atoms. The van der Waals surface area contributed by atoms with E-state index in [9.17, 15) is 5.11 Å². The average Bonchev–Trinajstić information content (AvgIpc) is 3.05. The van der Waals surface area contributed by atoms with Gasteiger partial charge in [0.2, 0.25) is 0 Å². The highest BCUT2D eigenvalue weighted by atomic mass is 32.1. The number of aliphatic hydroxyl groups is 1. The van der Waals surface area contributed by atoms with Crippen LogP contribution in [0, 0.1) is 5.41 Å². The highest BCUT2D eigenvalue weighted by Gasteiger charge is 2.36. The van der Waals surface area contributed by atoms with E-state index in [-0.39, 0.29) is 11.5 Å². The molecule has 2 aliphatic carbocycles. The van der Waals surface area contributed by atoms with E-state index >= 15 is 0 Å². The molecule has 2 aliphatic rings. The van der Waals surface area contributed by atoms with Gasteiger partial charge in [0.25, 0.3) is 0 Å². The summed E-state index contributed by atoms with van der Waals surface area (Å²) in [5.74, 6) is 0. The molecule has 1 saturated carbocycles. The van der Waals surface area contributed by atoms with Gasteiger partial charge in [0, 0.05) is 12.6 Å². The zero-order chi connectivity index (χ0) is 13.6. The van der Waals surface area contributed by atoms with E-state index in [4.69, 9.17) is 4.98 Å². The smallest absolute Gasteiger partial charge is 0.186 e. The Bertz CT molecular complexity index is 465. The van der Waals surface area contributed by atoms with E-state index in [1.807, 2.05) is 0 Å². The van der Waals surface area contributed by atoms with Gasteiger partial charge in [-0.15, -0.1) is 0 Å². The van der Waals surface area contributed by atoms with Crippen LogP contribution >= 0.6 is 11.3 Å². The predicted octanol–water partition coefficient (Wildman–Crippen LogP) is 3.53. The first-order chi connectivity index (χ1) is 9.00. The van der Waals surface area contributed by atoms with Crippen LogP contribution in [0.25, 0.3) is 0 Å². The summed E-state index contributed by atoms with van der Waals surface area (Å²) in [7, 11) is 0. The Kier molecular flexibility index (Phi) is 3.34. The lowest BCUT2D eigenvalue weighted by atomic mass is 9.77. The van der Waals surface area contributed by atoms with Crippen LogP contribution in [0.5, 0.6) is 0 Å². The van der Waals surface area contributed by atoms with Gasteiger partial charge in [-0.2, -0.15) is 0 Å². The lowest BCUT2D eigenvalue weighted by molar-refractivity contribution is 0.102. The number of hydrogen-bond acceptors (Lipinski definition) is 4. The Labute approximate surface area is 119 Å². The number of hydrogen-bond donors (Lipinski definition) is 1. The van der Waals surface area contributed by atoms with Crippen molar-refractivity contribution in [2.45, 2.75) is 65.0 Å². The van der Waals surface area contributed by atoms with Crippen molar-refractivity contribution in [2.24, 2.45) is 5.41 Å². The maximum absolute atomic E-state index is 10.3. The molecule has 0 radical (unpaired) electrons. The van der Waals surface area contributed by atoms with Crippen molar-refractivity contribution in [3.8, 4) is 0 Å². The average molecular weight is 280 g/mol. The van der Waals surface area contributed by atoms with E-state index in [1.165, 1.54) is 12.8 Å². The third kappa shape index (κ3) is 2.65. The molecule has 1 aromatic rings. The maximum atomic E-state index is 10.3. The topological polar surface area (TPSA) is 36.4 Å². The van der Waals surface area contributed by atoms with Gasteiger partial charge in [-0.3, -0.25) is 0 Å². The molecule has 0 saturated heterocycles. The van der Waals surface area contributed by atoms with Gasteiger partial charge in [-0.1, -0.05) is 32.1 Å². The maximum Gasteiger partial charge on any atom is 0.186 e. The summed E-state index contributed by atoms with van der Waals surface area (Å²) in [6.07, 6.45) is 5.32. The van der Waals surface area contributed by atoms with Crippen LogP contribution < -0.4 is 4.90 Å². The van der Waals surface area contributed by atoms with Gasteiger partial charge in [0.15, 0.2) is 5.13 Å². The Balaban J connectivity index is 1.89. The number of anilines is 1. The van der Waals surface area contributed by atoms with Crippen molar-refractivity contribution in [3.63, 3.8) is 0 Å². The lowest BCUT2D eigenvalue weighted by Gasteiger charge is -2.31. The molecule has 1 unspecified atom stereocenters. The fourth-order valence-electron chi connectivity index (χ4n) is 3.06. The Morgan fingerprint density at radius 3 is 2.79 bits per heavy atom. The van der Waals surface area contributed by atoms with Crippen molar-refractivity contribution < 1.29 is 5.11 Å². The van der Waals surface area contributed by atoms with Crippen LogP contribution in [0.2, 0.25) is 0 Å². The molecule has 0 spiro atoms. The van der Waals surface area contributed by atoms with Crippen LogP contribution in [0.1, 0.15) is 63.1 Å². The summed E-state index contributed by atoms with van der Waals surface area (Å²) in [6.45, 7) is 7.77. The van der Waals surface area contributed by atoms with Gasteiger partial charge in [0.1, 0.15) is 0 Å². The van der Waals surface area contributed by atoms with Crippen LogP contribution in [0.3, 0.4) is 0 Å². The molecule has 1 atom stereocenters. The van der Waals surface area contributed by atoms with Crippen molar-refractivity contribution in [3.05, 3.63) is 10.6 Å². The van der Waals surface area contributed by atoms with Crippen molar-refractivity contribution in [2.75, 3.05) is 11.4 Å². The minimum atomic E-state index is -0.312. The quantitative estimate of drug-likeness (QED) is 0.916. The predicted molar refractivity (Wildman–Crippen MR) is 79.8 cm³/mol. The molecular formula is C15H24N2OS. The lowest BCUT2D eigenvalue weighted by Crippen LogP contribution is -2.26. The highest BCUT2D eigenvalue weighted by molar-refractivity contribution is 7.15. The second kappa shape index (κ2) is 4.74. The zero-order valence-electron chi connectivity index (χ0n) is 12.1. The molecule has 3 rings (SSSR count). The highest BCUT2D eigenvalue weighted by Crippen LogP contribution is 2.45. The first-order valence-corrected chi connectivity index (χ1v) is 8.26. The molecule has 1 fully saturated rings. The monoisotopic (exact) mass is 280 g/mol. The summed E-state index contributed by atoms with van der Waals surface area (Å²) in [5, 5.41) is 11.5. The summed E-state index contributed by atoms with van der Waals surface area (Å²) < 4.78 is 0. The third-order valence-corrected chi connectivity index (χ3v) is 5.34. The van der Waals surface area contributed by atoms with Gasteiger partial charge in [-0.25, -0.2) is 4.98 Å². The van der Waals surface area contributed by atoms with Crippen molar-refractivity contribution in [1.82, 2.24) is 4.98 Å². The van der Waals surface area contributed by atoms with E-state index in [1.54, 1.807) is 11.3 Å². The van der Waals surface area contributed by atoms with E-state index in [0.717, 1.165) is 41.5 Å². The standard InChI is InChI=1S/C15H24N2OS/c1-4-7-17(10-5-6-10)14-16-11-8-15(2,3)9-12(18)13(11)19-14/h10,12,18H,4-9H2,1-3H3. The molecule has 1 aromatic heterocycles. The first kappa shape index (κ1) is 13.4. The molecule has 0 bridgehead atoms. The SMILES string of the molecule is CCCN(c1nc2c(s1)C(O)CC(C)(C)C2)C1CC1. The number of rotatable bonds is 4. The van der Waals surface area contributed by atoms with E-state index in [2.05, 4.69) is 25.7 Å². The normalized spacial score (nSPS) is 25.2. The Hall–Kier alpha value is -0.610. The van der Waals surface area contributed by atoms with Crippen molar-refractivity contribution in [1.29, 1.82) is 0 Å². The van der Waals surface area contributed by atoms with E-state index in [0.29, 0.717) is 6.04 Å². The molecule has 0 aromatic carbocycles. The van der Waals surface area contributed by atoms with Crippen LogP contribution in [0.4, 0.5) is 5.13 Å². The first-order valence-electron chi connectivity index (χ1n) is 7.44. The minimum Gasteiger partial charge on any atom is -0.387 e. The number of aliphatic hydroxyl groups excluding tert-OH is 1. The fraction of sp³-hybridized carbons (Fsp3) is 0.800. The Morgan fingerprint density at radius 2 is 2.16 bits per heavy atom. The number of aromatic nitrogens is 1. The molecule has 3 nitrogen and oxygen atoms in total. The number of fused-ring (bicyclic) bond motifs is 1. The summed E-state index contributed by atoms with van der Waals surface area (Å²) in [6, 6.07) is 0.706. The van der Waals surface area contributed by atoms with Gasteiger partial charge in [-0.05, 0) is 37.5 Å². The third-order valence-electron chi connectivity index (χ3n) is 4.11. The van der Waals surface area contributed by atoms with Crippen LogP contribution in [-0.2, 0) is 6.42 Å². The fourth-order valence-corrected chi connectivity index (χ4v) is 4.23. The van der Waals surface area contributed by atoms with Gasteiger partial charge < -0.3 is 10.0 Å². The van der Waals surface area contributed by atoms with Crippen molar-refractivity contribution >= 4 is 16.5 Å². The molecular weight excluding hydrogens is 256 g/mol. The summed E-state index contributed by atoms with van der Waals surface area (Å²) in [5.41, 5.74) is 1.32. The molecule has 0 amide bonds. The molecule has 1 N–H and O–H groups in total. The van der Waals surface area contributed by atoms with E-state index < -0.39 is 0 Å². The second-order valence-electron chi connectivity index (χ2n) is 6.79. The largest absolute Gasteiger partial charge is 0.387 e. The van der Waals surface area contributed by atoms with Crippen LogP contribution in [0.15, 0.2) is 0 Å². The van der Waals surface area contributed by atoms with Crippen LogP contribution in [-0.4, -0.2) is 22.7 Å². The Morgan fingerprint density at radius 1 is 1.42 bits per heavy atom. The van der Waals surface area contributed by atoms with Gasteiger partial charge in [0.05, 0.1) is 16.7 Å². The number of nitrogens with zero attached hydrogens (tertiary/aromatic N) is 2. The molecule has 106 valence electrons. The molecule has 0 aliphatic heterocycles. The molecule has 4 heteroatoms. The number of thiazole rings is 1. The molecule has 1 heterocycles. The summed E-state index contributed by atoms with van der Waals surface area (Å²) >= 11 is 1.73. The minimum absolute atomic E-state index is 0.174. The second-order valence-corrected chi connectivity index (χ2v) is 7.80.